The second-order valence-corrected chi connectivity index (χ2v) is 16.9. The molecular weight excluding hydrogens is 689 g/mol. The van der Waals surface area contributed by atoms with Crippen molar-refractivity contribution in [3.8, 4) is 50.6 Å². The van der Waals surface area contributed by atoms with Gasteiger partial charge in [0.1, 0.15) is 11.5 Å². The Kier molecular flexibility index (Phi) is 7.51. The molecule has 7 aromatic carbocycles. The van der Waals surface area contributed by atoms with Crippen LogP contribution in [0, 0.1) is 26.7 Å². The first-order valence-corrected chi connectivity index (χ1v) is 20.4. The normalized spacial score (nSPS) is 16.6. The molecule has 11 rings (SSSR count). The molecule has 0 amide bonds. The molecule has 0 fully saturated rings. The van der Waals surface area contributed by atoms with Gasteiger partial charge in [0.15, 0.2) is 0 Å². The van der Waals surface area contributed by atoms with Crippen molar-refractivity contribution in [3.63, 3.8) is 0 Å². The van der Waals surface area contributed by atoms with Gasteiger partial charge >= 0.3 is 0 Å². The van der Waals surface area contributed by atoms with Crippen molar-refractivity contribution in [1.82, 2.24) is 4.57 Å². The summed E-state index contributed by atoms with van der Waals surface area (Å²) in [5.74, 6) is 2.61. The van der Waals surface area contributed by atoms with Crippen LogP contribution in [0.2, 0.25) is 0 Å². The Morgan fingerprint density at radius 3 is 2.00 bits per heavy atom. The second kappa shape index (κ2) is 12.6. The van der Waals surface area contributed by atoms with Crippen molar-refractivity contribution in [1.29, 1.82) is 0 Å². The van der Waals surface area contributed by atoms with E-state index < -0.39 is 0 Å². The molecule has 0 spiro atoms. The fourth-order valence-corrected chi connectivity index (χ4v) is 10.9. The van der Waals surface area contributed by atoms with Gasteiger partial charge < -0.3 is 9.30 Å². The highest BCUT2D eigenvalue weighted by atomic mass is 16.5. The fourth-order valence-electron chi connectivity index (χ4n) is 10.9. The van der Waals surface area contributed by atoms with Gasteiger partial charge in [-0.15, -0.1) is 0 Å². The highest BCUT2D eigenvalue weighted by Crippen LogP contribution is 2.44. The quantitative estimate of drug-likeness (QED) is 0.164. The highest BCUT2D eigenvalue weighted by Gasteiger charge is 2.41. The number of nitrogens with zero attached hydrogens (tertiary/aromatic N) is 1. The van der Waals surface area contributed by atoms with E-state index in [1.54, 1.807) is 0 Å². The van der Waals surface area contributed by atoms with E-state index in [1.807, 2.05) is 0 Å². The third-order valence-electron chi connectivity index (χ3n) is 13.0. The summed E-state index contributed by atoms with van der Waals surface area (Å²) >= 11 is 0. The zero-order chi connectivity index (χ0) is 38.7. The molecule has 1 aliphatic carbocycles. The Morgan fingerprint density at radius 1 is 0.579 bits per heavy atom. The van der Waals surface area contributed by atoms with E-state index in [2.05, 4.69) is 192 Å². The Morgan fingerprint density at radius 2 is 1.28 bits per heavy atom. The van der Waals surface area contributed by atoms with Gasteiger partial charge in [0, 0.05) is 27.9 Å². The summed E-state index contributed by atoms with van der Waals surface area (Å²) in [6.07, 6.45) is 4.80. The van der Waals surface area contributed by atoms with Gasteiger partial charge in [-0.2, -0.15) is 0 Å². The van der Waals surface area contributed by atoms with Crippen molar-refractivity contribution >= 4 is 44.9 Å². The van der Waals surface area contributed by atoms with Crippen LogP contribution in [0.15, 0.2) is 157 Å². The minimum Gasteiger partial charge on any atom is -0.458 e. The van der Waals surface area contributed by atoms with E-state index in [-0.39, 0.29) is 6.71 Å². The third-order valence-corrected chi connectivity index (χ3v) is 13.0. The maximum absolute atomic E-state index is 7.05. The van der Waals surface area contributed by atoms with Gasteiger partial charge in [-0.05, 0) is 143 Å². The van der Waals surface area contributed by atoms with Crippen LogP contribution in [0.4, 0.5) is 0 Å². The maximum Gasteiger partial charge on any atom is 0.256 e. The molecule has 2 aliphatic heterocycles. The van der Waals surface area contributed by atoms with Crippen LogP contribution in [0.5, 0.6) is 11.5 Å². The average molecular weight is 734 g/mol. The van der Waals surface area contributed by atoms with Gasteiger partial charge in [-0.3, -0.25) is 0 Å². The monoisotopic (exact) mass is 733 g/mol. The first kappa shape index (κ1) is 34.0. The summed E-state index contributed by atoms with van der Waals surface area (Å²) in [5.41, 5.74) is 22.9. The zero-order valence-electron chi connectivity index (χ0n) is 33.4. The lowest BCUT2D eigenvalue weighted by Crippen LogP contribution is -2.58. The van der Waals surface area contributed by atoms with Crippen LogP contribution >= 0.6 is 0 Å². The summed E-state index contributed by atoms with van der Waals surface area (Å²) in [7, 11) is 0. The first-order chi connectivity index (χ1) is 27.7. The van der Waals surface area contributed by atoms with Crippen LogP contribution in [0.25, 0.3) is 60.9 Å². The Hall–Kier alpha value is -6.32. The van der Waals surface area contributed by atoms with Gasteiger partial charge in [0.2, 0.25) is 0 Å². The van der Waals surface area contributed by atoms with E-state index in [9.17, 15) is 0 Å². The molecule has 2 unspecified atom stereocenters. The minimum atomic E-state index is -0.0197. The number of hydrogen-bond acceptors (Lipinski definition) is 1. The van der Waals surface area contributed by atoms with Crippen molar-refractivity contribution in [2.45, 2.75) is 47.5 Å². The molecule has 1 aromatic heterocycles. The second-order valence-electron chi connectivity index (χ2n) is 16.9. The number of aryl methyl sites for hydroxylation is 3. The Bertz CT molecular complexity index is 3030. The van der Waals surface area contributed by atoms with Crippen LogP contribution in [-0.2, 0) is 0 Å². The SMILES string of the molecule is CC1=CC(C)C(c2ccc3c(c2)c2cc(-c4c(C)cc(C)cc4C)cc4c2n3-c2cc(-c3ccccc3)cc3c2B4c2cc(-c4ccccc4)ccc2O3)C(C)=C1. The van der Waals surface area contributed by atoms with E-state index in [4.69, 9.17) is 4.74 Å². The molecule has 0 N–H and O–H groups in total. The lowest BCUT2D eigenvalue weighted by Gasteiger charge is -2.34. The molecule has 3 heteroatoms. The molecule has 0 saturated carbocycles. The minimum absolute atomic E-state index is 0.0197. The van der Waals surface area contributed by atoms with Gasteiger partial charge in [-0.1, -0.05) is 133 Å². The van der Waals surface area contributed by atoms with Crippen molar-refractivity contribution < 1.29 is 4.74 Å². The summed E-state index contributed by atoms with van der Waals surface area (Å²) in [6.45, 7) is 13.6. The number of allylic oxidation sites excluding steroid dienone is 4. The van der Waals surface area contributed by atoms with Gasteiger partial charge in [-0.25, -0.2) is 0 Å². The molecule has 57 heavy (non-hydrogen) atoms. The van der Waals surface area contributed by atoms with Crippen molar-refractivity contribution in [2.24, 2.45) is 5.92 Å². The summed E-state index contributed by atoms with van der Waals surface area (Å²) < 4.78 is 9.61. The van der Waals surface area contributed by atoms with Gasteiger partial charge in [0.25, 0.3) is 6.71 Å². The Balaban J connectivity index is 1.27. The van der Waals surface area contributed by atoms with Gasteiger partial charge in [0.05, 0.1) is 5.52 Å². The van der Waals surface area contributed by atoms with E-state index in [0.29, 0.717) is 11.8 Å². The molecule has 8 aromatic rings. The maximum atomic E-state index is 7.05. The first-order valence-electron chi connectivity index (χ1n) is 20.4. The molecule has 274 valence electrons. The number of ether oxygens (including phenoxy) is 1. The molecule has 3 aliphatic rings. The smallest absolute Gasteiger partial charge is 0.256 e. The van der Waals surface area contributed by atoms with E-state index in [1.165, 1.54) is 105 Å². The molecule has 0 radical (unpaired) electrons. The number of aromatic nitrogens is 1. The largest absolute Gasteiger partial charge is 0.458 e. The molecule has 0 bridgehead atoms. The highest BCUT2D eigenvalue weighted by molar-refractivity contribution is 6.99. The molecular formula is C54H44BNO. The topological polar surface area (TPSA) is 14.2 Å². The summed E-state index contributed by atoms with van der Waals surface area (Å²) in [6, 6.07) is 50.0. The predicted molar refractivity (Wildman–Crippen MR) is 242 cm³/mol. The van der Waals surface area contributed by atoms with Crippen LogP contribution in [-0.4, -0.2) is 11.3 Å². The summed E-state index contributed by atoms with van der Waals surface area (Å²) in [4.78, 5) is 0. The van der Waals surface area contributed by atoms with E-state index >= 15 is 0 Å². The number of fused-ring (bicyclic) bond motifs is 7. The predicted octanol–water partition coefficient (Wildman–Crippen LogP) is 12.3. The molecule has 2 nitrogen and oxygen atoms in total. The Labute approximate surface area is 335 Å². The van der Waals surface area contributed by atoms with Crippen LogP contribution < -0.4 is 21.1 Å². The third kappa shape index (κ3) is 5.18. The molecule has 0 saturated heterocycles. The molecule has 3 heterocycles. The molecule has 2 atom stereocenters. The number of hydrogen-bond donors (Lipinski definition) is 0. The lowest BCUT2D eigenvalue weighted by molar-refractivity contribution is 0.487. The summed E-state index contributed by atoms with van der Waals surface area (Å²) in [5, 5.41) is 2.61. The van der Waals surface area contributed by atoms with Crippen molar-refractivity contribution in [2.75, 3.05) is 0 Å². The van der Waals surface area contributed by atoms with E-state index in [0.717, 1.165) is 17.1 Å². The number of benzene rings is 7. The van der Waals surface area contributed by atoms with Crippen LogP contribution in [0.3, 0.4) is 0 Å². The lowest BCUT2D eigenvalue weighted by atomic mass is 9.34. The average Bonchev–Trinajstić information content (AvgIpc) is 3.53. The van der Waals surface area contributed by atoms with Crippen LogP contribution in [0.1, 0.15) is 48.9 Å². The standard InChI is InChI=1S/C54H44BNO/c1-31-21-33(3)51(34(4)22-31)40-17-19-47-43(25-40)44-26-42(52-35(5)23-32(2)24-36(52)6)28-46-54(44)56(47)48-29-41(38-15-11-8-12-16-38)30-50-53(48)55(46)45-27-39(18-20-49(45)57-50)37-13-9-7-10-14-37/h7-30,33,51H,1-6H3. The van der Waals surface area contributed by atoms with Crippen molar-refractivity contribution in [3.05, 3.63) is 179 Å². The fraction of sp³-hybridized carbons (Fsp3) is 0.148. The number of rotatable bonds is 4. The zero-order valence-corrected chi connectivity index (χ0v) is 33.4.